The van der Waals surface area contributed by atoms with Crippen molar-refractivity contribution in [3.05, 3.63) is 48.2 Å². The second kappa shape index (κ2) is 3.72. The number of hydrogen-bond acceptors (Lipinski definition) is 2. The van der Waals surface area contributed by atoms with Crippen LogP contribution in [0.15, 0.2) is 42.6 Å². The summed E-state index contributed by atoms with van der Waals surface area (Å²) >= 11 is 0. The molecular weight excluding hydrogens is 198 g/mol. The molecule has 1 aliphatic rings. The molecular formula is C14H13NO. The maximum absolute atomic E-state index is 9.54. The zero-order valence-corrected chi connectivity index (χ0v) is 8.93. The van der Waals surface area contributed by atoms with Crippen molar-refractivity contribution < 1.29 is 5.11 Å². The van der Waals surface area contributed by atoms with Gasteiger partial charge in [0.25, 0.3) is 0 Å². The van der Waals surface area contributed by atoms with E-state index in [0.717, 1.165) is 18.4 Å². The molecule has 1 aromatic heterocycles. The first-order chi connectivity index (χ1) is 7.84. The van der Waals surface area contributed by atoms with Crippen molar-refractivity contribution in [1.82, 2.24) is 4.98 Å². The van der Waals surface area contributed by atoms with Crippen molar-refractivity contribution in [2.45, 2.75) is 18.9 Å². The first-order valence-corrected chi connectivity index (χ1v) is 5.57. The van der Waals surface area contributed by atoms with E-state index in [-0.39, 0.29) is 6.10 Å². The molecule has 0 fully saturated rings. The van der Waals surface area contributed by atoms with Crippen LogP contribution in [0.2, 0.25) is 0 Å². The third-order valence-corrected chi connectivity index (χ3v) is 3.09. The van der Waals surface area contributed by atoms with Gasteiger partial charge in [-0.05, 0) is 36.1 Å². The monoisotopic (exact) mass is 211 g/mol. The minimum Gasteiger partial charge on any atom is -0.389 e. The molecule has 0 saturated carbocycles. The van der Waals surface area contributed by atoms with Crippen LogP contribution in [-0.2, 0) is 0 Å². The summed E-state index contributed by atoms with van der Waals surface area (Å²) < 4.78 is 0. The van der Waals surface area contributed by atoms with Crippen molar-refractivity contribution in [3.8, 4) is 0 Å². The van der Waals surface area contributed by atoms with E-state index >= 15 is 0 Å². The number of hydrogen-bond donors (Lipinski definition) is 1. The number of aliphatic hydroxyl groups excluding tert-OH is 1. The van der Waals surface area contributed by atoms with Gasteiger partial charge in [-0.2, -0.15) is 0 Å². The lowest BCUT2D eigenvalue weighted by Crippen LogP contribution is -1.93. The SMILES string of the molecule is OC1C=C(c2cccc3ncccc23)CC1. The zero-order valence-electron chi connectivity index (χ0n) is 8.93. The van der Waals surface area contributed by atoms with Crippen molar-refractivity contribution in [2.24, 2.45) is 0 Å². The maximum Gasteiger partial charge on any atom is 0.0730 e. The number of nitrogens with zero attached hydrogens (tertiary/aromatic N) is 1. The van der Waals surface area contributed by atoms with Crippen molar-refractivity contribution in [1.29, 1.82) is 0 Å². The van der Waals surface area contributed by atoms with Crippen LogP contribution in [0.25, 0.3) is 16.5 Å². The van der Waals surface area contributed by atoms with Gasteiger partial charge in [-0.3, -0.25) is 4.98 Å². The Balaban J connectivity index is 2.20. The van der Waals surface area contributed by atoms with Crippen molar-refractivity contribution in [3.63, 3.8) is 0 Å². The van der Waals surface area contributed by atoms with Crippen molar-refractivity contribution in [2.75, 3.05) is 0 Å². The standard InChI is InChI=1S/C14H13NO/c16-11-7-6-10(9-11)12-3-1-5-14-13(12)4-2-8-15-14/h1-5,8-9,11,16H,6-7H2. The highest BCUT2D eigenvalue weighted by Crippen LogP contribution is 2.31. The van der Waals surface area contributed by atoms with Gasteiger partial charge in [0.2, 0.25) is 0 Å². The van der Waals surface area contributed by atoms with Gasteiger partial charge in [-0.25, -0.2) is 0 Å². The van der Waals surface area contributed by atoms with Gasteiger partial charge in [0.1, 0.15) is 0 Å². The number of fused-ring (bicyclic) bond motifs is 1. The molecule has 0 saturated heterocycles. The fraction of sp³-hybridized carbons (Fsp3) is 0.214. The lowest BCUT2D eigenvalue weighted by atomic mass is 10.0. The first-order valence-electron chi connectivity index (χ1n) is 5.57. The van der Waals surface area contributed by atoms with Crippen LogP contribution < -0.4 is 0 Å². The summed E-state index contributed by atoms with van der Waals surface area (Å²) in [5.41, 5.74) is 3.47. The Morgan fingerprint density at radius 1 is 1.19 bits per heavy atom. The minimum absolute atomic E-state index is 0.276. The number of aliphatic hydroxyl groups is 1. The quantitative estimate of drug-likeness (QED) is 0.786. The summed E-state index contributed by atoms with van der Waals surface area (Å²) in [6.45, 7) is 0. The number of benzene rings is 1. The predicted molar refractivity (Wildman–Crippen MR) is 65.0 cm³/mol. The number of pyridine rings is 1. The van der Waals surface area contributed by atoms with Crippen LogP contribution >= 0.6 is 0 Å². The second-order valence-electron chi connectivity index (χ2n) is 4.17. The molecule has 1 unspecified atom stereocenters. The molecule has 2 nitrogen and oxygen atoms in total. The number of rotatable bonds is 1. The second-order valence-corrected chi connectivity index (χ2v) is 4.17. The fourth-order valence-corrected chi connectivity index (χ4v) is 2.31. The highest BCUT2D eigenvalue weighted by atomic mass is 16.3. The zero-order chi connectivity index (χ0) is 11.0. The van der Waals surface area contributed by atoms with E-state index in [4.69, 9.17) is 0 Å². The van der Waals surface area contributed by atoms with E-state index in [9.17, 15) is 5.11 Å². The van der Waals surface area contributed by atoms with Crippen LogP contribution in [0.1, 0.15) is 18.4 Å². The predicted octanol–water partition coefficient (Wildman–Crippen LogP) is 2.77. The molecule has 1 aromatic carbocycles. The van der Waals surface area contributed by atoms with Crippen LogP contribution in [-0.4, -0.2) is 16.2 Å². The summed E-state index contributed by atoms with van der Waals surface area (Å²) in [6.07, 6.45) is 5.29. The average Bonchev–Trinajstić information content (AvgIpc) is 2.75. The van der Waals surface area contributed by atoms with Gasteiger partial charge in [0.05, 0.1) is 11.6 Å². The number of allylic oxidation sites excluding steroid dienone is 1. The molecule has 0 amide bonds. The molecule has 2 aromatic rings. The van der Waals surface area contributed by atoms with E-state index in [0.29, 0.717) is 0 Å². The van der Waals surface area contributed by atoms with E-state index in [1.165, 1.54) is 16.5 Å². The highest BCUT2D eigenvalue weighted by Gasteiger charge is 2.15. The molecule has 0 radical (unpaired) electrons. The van der Waals surface area contributed by atoms with Gasteiger partial charge in [0, 0.05) is 11.6 Å². The van der Waals surface area contributed by atoms with Crippen LogP contribution in [0, 0.1) is 0 Å². The molecule has 3 rings (SSSR count). The van der Waals surface area contributed by atoms with E-state index in [1.54, 1.807) is 0 Å². The summed E-state index contributed by atoms with van der Waals surface area (Å²) in [5, 5.41) is 10.7. The highest BCUT2D eigenvalue weighted by molar-refractivity contribution is 5.92. The van der Waals surface area contributed by atoms with Gasteiger partial charge >= 0.3 is 0 Å². The molecule has 80 valence electrons. The lowest BCUT2D eigenvalue weighted by molar-refractivity contribution is 0.223. The van der Waals surface area contributed by atoms with E-state index in [2.05, 4.69) is 17.1 Å². The van der Waals surface area contributed by atoms with Crippen LogP contribution in [0.4, 0.5) is 0 Å². The Bertz CT molecular complexity index is 554. The lowest BCUT2D eigenvalue weighted by Gasteiger charge is -2.06. The largest absolute Gasteiger partial charge is 0.389 e. The Hall–Kier alpha value is -1.67. The normalized spacial score (nSPS) is 20.1. The minimum atomic E-state index is -0.276. The fourth-order valence-electron chi connectivity index (χ4n) is 2.31. The van der Waals surface area contributed by atoms with Crippen LogP contribution in [0.3, 0.4) is 0 Å². The van der Waals surface area contributed by atoms with Gasteiger partial charge in [0.15, 0.2) is 0 Å². The summed E-state index contributed by atoms with van der Waals surface area (Å²) in [4.78, 5) is 4.34. The Labute approximate surface area is 94.3 Å². The Morgan fingerprint density at radius 3 is 2.94 bits per heavy atom. The summed E-state index contributed by atoms with van der Waals surface area (Å²) in [5.74, 6) is 0. The third-order valence-electron chi connectivity index (χ3n) is 3.09. The maximum atomic E-state index is 9.54. The molecule has 0 spiro atoms. The molecule has 0 aliphatic heterocycles. The average molecular weight is 211 g/mol. The Morgan fingerprint density at radius 2 is 2.12 bits per heavy atom. The first kappa shape index (κ1) is 9.55. The third kappa shape index (κ3) is 1.51. The summed E-state index contributed by atoms with van der Waals surface area (Å²) in [7, 11) is 0. The van der Waals surface area contributed by atoms with Gasteiger partial charge in [-0.1, -0.05) is 24.3 Å². The smallest absolute Gasteiger partial charge is 0.0730 e. The molecule has 1 aliphatic carbocycles. The topological polar surface area (TPSA) is 33.1 Å². The molecule has 1 N–H and O–H groups in total. The number of aromatic nitrogens is 1. The molecule has 1 heterocycles. The van der Waals surface area contributed by atoms with Gasteiger partial charge in [-0.15, -0.1) is 0 Å². The molecule has 16 heavy (non-hydrogen) atoms. The van der Waals surface area contributed by atoms with Crippen molar-refractivity contribution >= 4 is 16.5 Å². The van der Waals surface area contributed by atoms with E-state index < -0.39 is 0 Å². The molecule has 0 bridgehead atoms. The van der Waals surface area contributed by atoms with Crippen LogP contribution in [0.5, 0.6) is 0 Å². The summed E-state index contributed by atoms with van der Waals surface area (Å²) in [6, 6.07) is 10.2. The van der Waals surface area contributed by atoms with E-state index in [1.807, 2.05) is 30.5 Å². The Kier molecular flexibility index (Phi) is 2.22. The molecule has 2 heteroatoms. The van der Waals surface area contributed by atoms with Gasteiger partial charge < -0.3 is 5.11 Å². The molecule has 1 atom stereocenters.